The van der Waals surface area contributed by atoms with Gasteiger partial charge in [-0.05, 0) is 18.5 Å². The minimum atomic E-state index is -1.02. The van der Waals surface area contributed by atoms with E-state index in [1.165, 1.54) is 11.1 Å². The summed E-state index contributed by atoms with van der Waals surface area (Å²) in [7, 11) is 0. The lowest BCUT2D eigenvalue weighted by Crippen LogP contribution is -2.38. The molecule has 2 aromatic heterocycles. The maximum Gasteiger partial charge on any atom is 0.407 e. The van der Waals surface area contributed by atoms with Crippen molar-refractivity contribution in [1.82, 2.24) is 19.9 Å². The second-order valence-corrected chi connectivity index (χ2v) is 5.78. The molecule has 7 nitrogen and oxygen atoms in total. The molecule has 1 aliphatic heterocycles. The average Bonchev–Trinajstić information content (AvgIpc) is 2.85. The van der Waals surface area contributed by atoms with Crippen LogP contribution >= 0.6 is 23.2 Å². The Kier molecular flexibility index (Phi) is 4.11. The number of nitrogens with zero attached hydrogens (tertiary/aromatic N) is 4. The van der Waals surface area contributed by atoms with E-state index in [-0.39, 0.29) is 33.3 Å². The minimum absolute atomic E-state index is 0.0483. The van der Waals surface area contributed by atoms with Gasteiger partial charge in [-0.25, -0.2) is 19.2 Å². The first-order valence-corrected chi connectivity index (χ1v) is 7.47. The molecule has 1 amide bonds. The van der Waals surface area contributed by atoms with Crippen LogP contribution in [0.25, 0.3) is 10.9 Å². The lowest BCUT2D eigenvalue weighted by molar-refractivity contribution is 0.116. The Morgan fingerprint density at radius 1 is 1.48 bits per heavy atom. The van der Waals surface area contributed by atoms with E-state index < -0.39 is 18.0 Å². The topological polar surface area (TPSA) is 88.4 Å². The van der Waals surface area contributed by atoms with Crippen molar-refractivity contribution in [2.75, 3.05) is 6.54 Å². The third-order valence-corrected chi connectivity index (χ3v) is 4.20. The van der Waals surface area contributed by atoms with Crippen LogP contribution < -0.4 is 4.74 Å². The summed E-state index contributed by atoms with van der Waals surface area (Å²) in [5, 5.41) is 8.79. The number of fused-ring (bicyclic) bond motifs is 1. The summed E-state index contributed by atoms with van der Waals surface area (Å²) in [5.74, 6) is -0.767. The minimum Gasteiger partial charge on any atom is -0.472 e. The number of halogens is 3. The number of amides is 1. The number of hydrogen-bond donors (Lipinski definition) is 1. The molecule has 1 fully saturated rings. The molecule has 0 unspecified atom stereocenters. The van der Waals surface area contributed by atoms with Gasteiger partial charge in [0.05, 0.1) is 11.4 Å². The Labute approximate surface area is 140 Å². The summed E-state index contributed by atoms with van der Waals surface area (Å²) in [4.78, 5) is 23.9. The van der Waals surface area contributed by atoms with Gasteiger partial charge in [-0.2, -0.15) is 4.98 Å². The highest BCUT2D eigenvalue weighted by atomic mass is 35.5. The lowest BCUT2D eigenvalue weighted by atomic mass is 10.2. The zero-order valence-electron chi connectivity index (χ0n) is 11.8. The predicted octanol–water partition coefficient (Wildman–Crippen LogP) is 2.99. The number of carbonyl (C=O) groups is 1. The zero-order valence-corrected chi connectivity index (χ0v) is 13.3. The van der Waals surface area contributed by atoms with Crippen LogP contribution in [0, 0.1) is 5.82 Å². The highest BCUT2D eigenvalue weighted by Gasteiger charge is 2.36. The van der Waals surface area contributed by atoms with Crippen LogP contribution in [0.2, 0.25) is 10.4 Å². The second kappa shape index (κ2) is 5.93. The molecule has 0 radical (unpaired) electrons. The fraction of sp³-hybridized carbons (Fsp3) is 0.385. The predicted molar refractivity (Wildman–Crippen MR) is 80.5 cm³/mol. The Morgan fingerprint density at radius 2 is 2.22 bits per heavy atom. The van der Waals surface area contributed by atoms with Crippen molar-refractivity contribution in [3.8, 4) is 5.88 Å². The van der Waals surface area contributed by atoms with E-state index in [1.54, 1.807) is 6.92 Å². The average molecular weight is 361 g/mol. The summed E-state index contributed by atoms with van der Waals surface area (Å²) < 4.78 is 19.8. The fourth-order valence-electron chi connectivity index (χ4n) is 2.55. The van der Waals surface area contributed by atoms with E-state index in [2.05, 4.69) is 15.0 Å². The molecule has 3 rings (SSSR count). The van der Waals surface area contributed by atoms with Crippen LogP contribution in [-0.2, 0) is 0 Å². The Hall–Kier alpha value is -1.93. The Bertz CT molecular complexity index is 791. The number of pyridine rings is 1. The molecule has 1 saturated heterocycles. The Morgan fingerprint density at radius 3 is 2.87 bits per heavy atom. The normalized spacial score (nSPS) is 21.0. The number of hydrogen-bond acceptors (Lipinski definition) is 5. The number of aromatic nitrogens is 3. The molecule has 23 heavy (non-hydrogen) atoms. The van der Waals surface area contributed by atoms with Gasteiger partial charge in [-0.1, -0.05) is 11.6 Å². The van der Waals surface area contributed by atoms with Crippen molar-refractivity contribution < 1.29 is 19.0 Å². The number of carboxylic acid groups (broad SMARTS) is 1. The molecule has 0 aliphatic carbocycles. The van der Waals surface area contributed by atoms with Crippen LogP contribution in [0.5, 0.6) is 5.88 Å². The van der Waals surface area contributed by atoms with E-state index in [0.717, 1.165) is 0 Å². The summed E-state index contributed by atoms with van der Waals surface area (Å²) in [6.45, 7) is 2.07. The summed E-state index contributed by atoms with van der Waals surface area (Å²) in [6.07, 6.45) is 0.328. The number of likely N-dealkylation sites (tertiary alicyclic amines) is 1. The van der Waals surface area contributed by atoms with E-state index >= 15 is 0 Å². The van der Waals surface area contributed by atoms with E-state index in [0.29, 0.717) is 13.0 Å². The quantitative estimate of drug-likeness (QED) is 0.654. The van der Waals surface area contributed by atoms with Crippen LogP contribution in [-0.4, -0.2) is 49.7 Å². The van der Waals surface area contributed by atoms with Gasteiger partial charge >= 0.3 is 6.09 Å². The second-order valence-electron chi connectivity index (χ2n) is 5.08. The van der Waals surface area contributed by atoms with Crippen LogP contribution in [0.15, 0.2) is 6.20 Å². The van der Waals surface area contributed by atoms with Gasteiger partial charge in [0.15, 0.2) is 11.0 Å². The van der Waals surface area contributed by atoms with Gasteiger partial charge in [0.2, 0.25) is 11.2 Å². The van der Waals surface area contributed by atoms with E-state index in [9.17, 15) is 9.18 Å². The molecular formula is C13H11Cl2FN4O3. The first-order valence-electron chi connectivity index (χ1n) is 6.72. The van der Waals surface area contributed by atoms with E-state index in [1.807, 2.05) is 0 Å². The van der Waals surface area contributed by atoms with Gasteiger partial charge in [-0.3, -0.25) is 0 Å². The molecule has 1 N–H and O–H groups in total. The maximum absolute atomic E-state index is 14.0. The highest BCUT2D eigenvalue weighted by Crippen LogP contribution is 2.31. The molecule has 2 atom stereocenters. The standard InChI is InChI=1S/C13H11Cl2FN4O3/c1-5-7(2-3-20(5)13(21)22)23-11-6-4-17-10(14)8(16)9(6)18-12(15)19-11/h4-5,7H,2-3H2,1H3,(H,21,22)/t5-,7-/m1/s1. The van der Waals surface area contributed by atoms with Gasteiger partial charge in [0.25, 0.3) is 0 Å². The maximum atomic E-state index is 14.0. The van der Waals surface area contributed by atoms with Crippen LogP contribution in [0.3, 0.4) is 0 Å². The molecule has 1 aliphatic rings. The third kappa shape index (κ3) is 2.84. The Balaban J connectivity index is 1.98. The zero-order chi connectivity index (χ0) is 16.7. The van der Waals surface area contributed by atoms with Gasteiger partial charge in [-0.15, -0.1) is 0 Å². The molecule has 3 heterocycles. The first kappa shape index (κ1) is 15.9. The molecule has 10 heteroatoms. The van der Waals surface area contributed by atoms with Crippen molar-refractivity contribution in [3.63, 3.8) is 0 Å². The summed E-state index contributed by atoms with van der Waals surface area (Å²) in [5.41, 5.74) is -0.0965. The van der Waals surface area contributed by atoms with Crippen molar-refractivity contribution in [3.05, 3.63) is 22.5 Å². The van der Waals surface area contributed by atoms with Crippen molar-refractivity contribution in [1.29, 1.82) is 0 Å². The molecule has 0 bridgehead atoms. The molecular weight excluding hydrogens is 350 g/mol. The molecule has 0 aromatic carbocycles. The molecule has 122 valence electrons. The van der Waals surface area contributed by atoms with Gasteiger partial charge in [0, 0.05) is 19.2 Å². The monoisotopic (exact) mass is 360 g/mol. The largest absolute Gasteiger partial charge is 0.472 e. The van der Waals surface area contributed by atoms with Crippen molar-refractivity contribution >= 4 is 40.2 Å². The summed E-state index contributed by atoms with van der Waals surface area (Å²) >= 11 is 11.4. The molecule has 0 spiro atoms. The van der Waals surface area contributed by atoms with Crippen LogP contribution in [0.1, 0.15) is 13.3 Å². The van der Waals surface area contributed by atoms with Crippen molar-refractivity contribution in [2.24, 2.45) is 0 Å². The lowest BCUT2D eigenvalue weighted by Gasteiger charge is -2.22. The number of ether oxygens (including phenoxy) is 1. The van der Waals surface area contributed by atoms with Gasteiger partial charge in [0.1, 0.15) is 11.6 Å². The fourth-order valence-corrected chi connectivity index (χ4v) is 2.85. The van der Waals surface area contributed by atoms with E-state index in [4.69, 9.17) is 33.0 Å². The van der Waals surface area contributed by atoms with Gasteiger partial charge < -0.3 is 14.7 Å². The SMILES string of the molecule is C[C@@H]1[C@H](Oc2nc(Cl)nc3c(F)c(Cl)ncc23)CCN1C(=O)O. The first-order chi connectivity index (χ1) is 10.9. The van der Waals surface area contributed by atoms with Crippen LogP contribution in [0.4, 0.5) is 9.18 Å². The summed E-state index contributed by atoms with van der Waals surface area (Å²) in [6, 6.07) is -0.374. The highest BCUT2D eigenvalue weighted by molar-refractivity contribution is 6.30. The molecule has 0 saturated carbocycles. The third-order valence-electron chi connectivity index (χ3n) is 3.77. The molecule has 2 aromatic rings. The smallest absolute Gasteiger partial charge is 0.407 e. The number of rotatable bonds is 2. The van der Waals surface area contributed by atoms with Crippen molar-refractivity contribution in [2.45, 2.75) is 25.5 Å².